The fraction of sp³-hybridized carbons (Fsp3) is 0.500. The average Bonchev–Trinajstić information content (AvgIpc) is 2.64. The van der Waals surface area contributed by atoms with Crippen molar-refractivity contribution in [2.75, 3.05) is 12.8 Å². The molecule has 0 fully saturated rings. The van der Waals surface area contributed by atoms with Crippen molar-refractivity contribution in [2.24, 2.45) is 0 Å². The number of hydrogen-bond donors (Lipinski definition) is 1. The third kappa shape index (κ3) is 2.03. The van der Waals surface area contributed by atoms with E-state index >= 15 is 0 Å². The Balaban J connectivity index is 2.61. The number of rotatable bonds is 4. The fourth-order valence-corrected chi connectivity index (χ4v) is 2.57. The molecule has 0 atom stereocenters. The monoisotopic (exact) mass is 247 g/mol. The lowest BCUT2D eigenvalue weighted by molar-refractivity contribution is 0.338. The molecule has 0 spiro atoms. The number of nitrogens with zero attached hydrogens (tertiary/aromatic N) is 2. The van der Waals surface area contributed by atoms with Crippen molar-refractivity contribution in [1.29, 1.82) is 0 Å². The molecule has 0 amide bonds. The van der Waals surface area contributed by atoms with Gasteiger partial charge in [-0.3, -0.25) is 0 Å². The molecule has 1 heterocycles. The van der Waals surface area contributed by atoms with Crippen LogP contribution in [0.25, 0.3) is 11.0 Å². The number of hydrogen-bond acceptors (Lipinski definition) is 3. The molecule has 2 aromatic rings. The minimum Gasteiger partial charge on any atom is -0.497 e. The smallest absolute Gasteiger partial charge is 0.201 e. The summed E-state index contributed by atoms with van der Waals surface area (Å²) in [6.45, 7) is 6.57. The topological polar surface area (TPSA) is 53.1 Å². The Morgan fingerprint density at radius 2 is 2.11 bits per heavy atom. The molecule has 0 aliphatic heterocycles. The van der Waals surface area contributed by atoms with E-state index in [2.05, 4.69) is 30.3 Å². The summed E-state index contributed by atoms with van der Waals surface area (Å²) in [5.41, 5.74) is 7.99. The van der Waals surface area contributed by atoms with Crippen LogP contribution in [0.15, 0.2) is 18.2 Å². The molecule has 0 unspecified atom stereocenters. The maximum atomic E-state index is 6.07. The largest absolute Gasteiger partial charge is 0.497 e. The van der Waals surface area contributed by atoms with E-state index < -0.39 is 0 Å². The third-order valence-corrected chi connectivity index (χ3v) is 3.35. The molecule has 0 saturated carbocycles. The fourth-order valence-electron chi connectivity index (χ4n) is 2.57. The number of benzene rings is 1. The zero-order valence-corrected chi connectivity index (χ0v) is 11.5. The molecule has 2 rings (SSSR count). The number of nitrogen functional groups attached to an aromatic ring is 1. The predicted molar refractivity (Wildman–Crippen MR) is 74.9 cm³/mol. The molecular formula is C14H21N3O. The highest BCUT2D eigenvalue weighted by Gasteiger charge is 2.24. The molecule has 0 saturated heterocycles. The lowest BCUT2D eigenvalue weighted by atomic mass is 9.98. The van der Waals surface area contributed by atoms with Gasteiger partial charge in [-0.05, 0) is 32.4 Å². The summed E-state index contributed by atoms with van der Waals surface area (Å²) in [5, 5.41) is 0. The van der Waals surface area contributed by atoms with Gasteiger partial charge >= 0.3 is 0 Å². The van der Waals surface area contributed by atoms with Crippen LogP contribution in [0.3, 0.4) is 0 Å². The molecule has 1 aromatic heterocycles. The first-order valence-corrected chi connectivity index (χ1v) is 6.32. The van der Waals surface area contributed by atoms with Gasteiger partial charge in [0.05, 0.1) is 18.1 Å². The van der Waals surface area contributed by atoms with E-state index in [0.717, 1.165) is 29.6 Å². The van der Waals surface area contributed by atoms with Gasteiger partial charge in [0.1, 0.15) is 5.75 Å². The molecule has 0 aliphatic rings. The summed E-state index contributed by atoms with van der Waals surface area (Å²) < 4.78 is 7.33. The molecule has 98 valence electrons. The minimum atomic E-state index is -0.0256. The maximum Gasteiger partial charge on any atom is 0.201 e. The highest BCUT2D eigenvalue weighted by Crippen LogP contribution is 2.31. The summed E-state index contributed by atoms with van der Waals surface area (Å²) in [4.78, 5) is 4.43. The average molecular weight is 247 g/mol. The van der Waals surface area contributed by atoms with E-state index in [0.29, 0.717) is 5.95 Å². The third-order valence-electron chi connectivity index (χ3n) is 3.35. The van der Waals surface area contributed by atoms with Gasteiger partial charge in [-0.15, -0.1) is 0 Å². The van der Waals surface area contributed by atoms with Gasteiger partial charge in [-0.2, -0.15) is 0 Å². The molecule has 1 aromatic carbocycles. The SMILES string of the molecule is CCCC(C)(C)n1c(N)nc2cc(OC)ccc21. The van der Waals surface area contributed by atoms with Crippen molar-refractivity contribution < 1.29 is 4.74 Å². The van der Waals surface area contributed by atoms with Crippen molar-refractivity contribution in [3.8, 4) is 5.75 Å². The van der Waals surface area contributed by atoms with Crippen LogP contribution in [-0.4, -0.2) is 16.7 Å². The molecule has 0 aliphatic carbocycles. The number of aromatic nitrogens is 2. The molecule has 0 radical (unpaired) electrons. The van der Waals surface area contributed by atoms with E-state index in [9.17, 15) is 0 Å². The summed E-state index contributed by atoms with van der Waals surface area (Å²) in [6, 6.07) is 5.89. The Morgan fingerprint density at radius 1 is 1.39 bits per heavy atom. The summed E-state index contributed by atoms with van der Waals surface area (Å²) in [6.07, 6.45) is 2.18. The Hall–Kier alpha value is -1.71. The minimum absolute atomic E-state index is 0.0256. The first kappa shape index (κ1) is 12.7. The molecule has 4 nitrogen and oxygen atoms in total. The predicted octanol–water partition coefficient (Wildman–Crippen LogP) is 3.16. The van der Waals surface area contributed by atoms with Gasteiger partial charge in [0.2, 0.25) is 5.95 Å². The van der Waals surface area contributed by atoms with Gasteiger partial charge in [0, 0.05) is 11.6 Å². The van der Waals surface area contributed by atoms with E-state index in [1.807, 2.05) is 18.2 Å². The molecule has 2 N–H and O–H groups in total. The summed E-state index contributed by atoms with van der Waals surface area (Å²) >= 11 is 0. The van der Waals surface area contributed by atoms with Crippen LogP contribution in [0, 0.1) is 0 Å². The van der Waals surface area contributed by atoms with Crippen LogP contribution < -0.4 is 10.5 Å². The highest BCUT2D eigenvalue weighted by atomic mass is 16.5. The van der Waals surface area contributed by atoms with Gasteiger partial charge in [0.15, 0.2) is 0 Å². The van der Waals surface area contributed by atoms with E-state index in [-0.39, 0.29) is 5.54 Å². The number of imidazole rings is 1. The molecule has 0 bridgehead atoms. The Kier molecular flexibility index (Phi) is 3.20. The highest BCUT2D eigenvalue weighted by molar-refractivity contribution is 5.80. The molecule has 4 heteroatoms. The van der Waals surface area contributed by atoms with Crippen molar-refractivity contribution in [3.63, 3.8) is 0 Å². The van der Waals surface area contributed by atoms with Gasteiger partial charge in [-0.25, -0.2) is 4.98 Å². The quantitative estimate of drug-likeness (QED) is 0.902. The van der Waals surface area contributed by atoms with Gasteiger partial charge in [0.25, 0.3) is 0 Å². The number of fused-ring (bicyclic) bond motifs is 1. The van der Waals surface area contributed by atoms with E-state index in [1.54, 1.807) is 7.11 Å². The van der Waals surface area contributed by atoms with Crippen molar-refractivity contribution in [2.45, 2.75) is 39.2 Å². The number of methoxy groups -OCH3 is 1. The normalized spacial score (nSPS) is 12.0. The number of anilines is 1. The number of nitrogens with two attached hydrogens (primary N) is 1. The number of ether oxygens (including phenoxy) is 1. The zero-order valence-electron chi connectivity index (χ0n) is 11.5. The Bertz CT molecular complexity index is 557. The molecule has 18 heavy (non-hydrogen) atoms. The Labute approximate surface area is 108 Å². The molecular weight excluding hydrogens is 226 g/mol. The maximum absolute atomic E-state index is 6.07. The van der Waals surface area contributed by atoms with Crippen LogP contribution in [0.2, 0.25) is 0 Å². The lowest BCUT2D eigenvalue weighted by Gasteiger charge is -2.28. The van der Waals surface area contributed by atoms with Crippen molar-refractivity contribution in [3.05, 3.63) is 18.2 Å². The first-order valence-electron chi connectivity index (χ1n) is 6.32. The van der Waals surface area contributed by atoms with Crippen LogP contribution in [0.4, 0.5) is 5.95 Å². The first-order chi connectivity index (χ1) is 8.49. The van der Waals surface area contributed by atoms with Crippen molar-refractivity contribution >= 4 is 17.0 Å². The van der Waals surface area contributed by atoms with Crippen LogP contribution >= 0.6 is 0 Å². The summed E-state index contributed by atoms with van der Waals surface area (Å²) in [7, 11) is 1.66. The zero-order chi connectivity index (χ0) is 13.3. The lowest BCUT2D eigenvalue weighted by Crippen LogP contribution is -2.27. The van der Waals surface area contributed by atoms with Gasteiger partial charge < -0.3 is 15.0 Å². The van der Waals surface area contributed by atoms with Crippen molar-refractivity contribution in [1.82, 2.24) is 9.55 Å². The van der Waals surface area contributed by atoms with Crippen LogP contribution in [-0.2, 0) is 5.54 Å². The van der Waals surface area contributed by atoms with E-state index in [1.165, 1.54) is 0 Å². The second-order valence-corrected chi connectivity index (χ2v) is 5.22. The summed E-state index contributed by atoms with van der Waals surface area (Å²) in [5.74, 6) is 1.37. The standard InChI is InChI=1S/C14H21N3O/c1-5-8-14(2,3)17-12-7-6-10(18-4)9-11(12)16-13(17)15/h6-7,9H,5,8H2,1-4H3,(H2,15,16). The van der Waals surface area contributed by atoms with Gasteiger partial charge in [-0.1, -0.05) is 13.3 Å². The Morgan fingerprint density at radius 3 is 2.72 bits per heavy atom. The second kappa shape index (κ2) is 4.52. The van der Waals surface area contributed by atoms with Crippen LogP contribution in [0.5, 0.6) is 5.75 Å². The second-order valence-electron chi connectivity index (χ2n) is 5.22. The van der Waals surface area contributed by atoms with E-state index in [4.69, 9.17) is 10.5 Å². The van der Waals surface area contributed by atoms with Crippen LogP contribution in [0.1, 0.15) is 33.6 Å².